The van der Waals surface area contributed by atoms with Crippen molar-refractivity contribution in [1.82, 2.24) is 5.32 Å². The summed E-state index contributed by atoms with van der Waals surface area (Å²) in [4.78, 5) is 11.7. The second-order valence-electron chi connectivity index (χ2n) is 4.63. The Morgan fingerprint density at radius 3 is 2.71 bits per heavy atom. The van der Waals surface area contributed by atoms with E-state index >= 15 is 0 Å². The topological polar surface area (TPSA) is 38.3 Å². The molecule has 1 aliphatic heterocycles. The first-order valence-corrected chi connectivity index (χ1v) is 5.69. The molecule has 2 unspecified atom stereocenters. The van der Waals surface area contributed by atoms with Gasteiger partial charge in [-0.15, -0.1) is 0 Å². The van der Waals surface area contributed by atoms with Crippen LogP contribution in [-0.4, -0.2) is 24.7 Å². The molecule has 2 fully saturated rings. The highest BCUT2D eigenvalue weighted by Gasteiger charge is 2.29. The zero-order chi connectivity index (χ0) is 9.97. The second-order valence-corrected chi connectivity index (χ2v) is 4.63. The predicted octanol–water partition coefficient (Wildman–Crippen LogP) is 1.47. The van der Waals surface area contributed by atoms with Gasteiger partial charge in [-0.2, -0.15) is 0 Å². The summed E-state index contributed by atoms with van der Waals surface area (Å²) in [5.74, 6) is 0.622. The lowest BCUT2D eigenvalue weighted by atomic mass is 9.93. The van der Waals surface area contributed by atoms with Gasteiger partial charge < -0.3 is 10.1 Å². The van der Waals surface area contributed by atoms with Gasteiger partial charge >= 0.3 is 5.97 Å². The summed E-state index contributed by atoms with van der Waals surface area (Å²) in [6.45, 7) is 3.15. The van der Waals surface area contributed by atoms with Gasteiger partial charge in [0.25, 0.3) is 0 Å². The quantitative estimate of drug-likeness (QED) is 0.681. The minimum Gasteiger partial charge on any atom is -0.461 e. The zero-order valence-corrected chi connectivity index (χ0v) is 8.79. The summed E-state index contributed by atoms with van der Waals surface area (Å²) in [5.41, 5.74) is 0. The SMILES string of the molecule is CC1CCNC(C(=O)OC2CCC2)C1. The molecule has 80 valence electrons. The third kappa shape index (κ3) is 2.27. The van der Waals surface area contributed by atoms with Crippen molar-refractivity contribution in [3.05, 3.63) is 0 Å². The molecule has 14 heavy (non-hydrogen) atoms. The minimum absolute atomic E-state index is 0.0266. The first-order chi connectivity index (χ1) is 6.75. The van der Waals surface area contributed by atoms with Crippen LogP contribution in [0.2, 0.25) is 0 Å². The van der Waals surface area contributed by atoms with E-state index in [9.17, 15) is 4.79 Å². The second kappa shape index (κ2) is 4.30. The van der Waals surface area contributed by atoms with Crippen LogP contribution in [0.25, 0.3) is 0 Å². The van der Waals surface area contributed by atoms with E-state index in [0.29, 0.717) is 5.92 Å². The number of carbonyl (C=O) groups excluding carboxylic acids is 1. The van der Waals surface area contributed by atoms with Crippen LogP contribution in [0, 0.1) is 5.92 Å². The minimum atomic E-state index is -0.0423. The van der Waals surface area contributed by atoms with Crippen molar-refractivity contribution in [2.75, 3.05) is 6.54 Å². The zero-order valence-electron chi connectivity index (χ0n) is 8.79. The number of nitrogens with one attached hydrogen (secondary N) is 1. The van der Waals surface area contributed by atoms with E-state index in [1.165, 1.54) is 12.8 Å². The number of hydrogen-bond acceptors (Lipinski definition) is 3. The molecule has 0 aromatic heterocycles. The first kappa shape index (κ1) is 9.97. The van der Waals surface area contributed by atoms with Gasteiger partial charge in [0.2, 0.25) is 0 Å². The van der Waals surface area contributed by atoms with E-state index < -0.39 is 0 Å². The molecule has 0 radical (unpaired) electrons. The number of hydrogen-bond donors (Lipinski definition) is 1. The highest BCUT2D eigenvalue weighted by Crippen LogP contribution is 2.24. The van der Waals surface area contributed by atoms with E-state index in [0.717, 1.165) is 25.8 Å². The number of rotatable bonds is 2. The van der Waals surface area contributed by atoms with E-state index in [1.54, 1.807) is 0 Å². The van der Waals surface area contributed by atoms with Crippen molar-refractivity contribution in [2.24, 2.45) is 5.92 Å². The van der Waals surface area contributed by atoms with E-state index in [4.69, 9.17) is 4.74 Å². The molecule has 2 aliphatic rings. The van der Waals surface area contributed by atoms with Crippen LogP contribution in [0.4, 0.5) is 0 Å². The monoisotopic (exact) mass is 197 g/mol. The Bertz CT molecular complexity index is 213. The molecule has 0 bridgehead atoms. The van der Waals surface area contributed by atoms with Crippen LogP contribution in [0.5, 0.6) is 0 Å². The predicted molar refractivity (Wildman–Crippen MR) is 53.9 cm³/mol. The van der Waals surface area contributed by atoms with Crippen molar-refractivity contribution >= 4 is 5.97 Å². The highest BCUT2D eigenvalue weighted by molar-refractivity contribution is 5.76. The normalized spacial score (nSPS) is 33.5. The number of carbonyl (C=O) groups is 1. The highest BCUT2D eigenvalue weighted by atomic mass is 16.5. The molecular weight excluding hydrogens is 178 g/mol. The summed E-state index contributed by atoms with van der Waals surface area (Å²) < 4.78 is 5.37. The van der Waals surface area contributed by atoms with Gasteiger partial charge in [-0.3, -0.25) is 4.79 Å². The Labute approximate surface area is 85.2 Å². The summed E-state index contributed by atoms with van der Waals surface area (Å²) >= 11 is 0. The fourth-order valence-corrected chi connectivity index (χ4v) is 2.02. The molecule has 2 rings (SSSR count). The van der Waals surface area contributed by atoms with Crippen LogP contribution in [0.3, 0.4) is 0 Å². The molecule has 1 saturated carbocycles. The first-order valence-electron chi connectivity index (χ1n) is 5.69. The largest absolute Gasteiger partial charge is 0.461 e. The van der Waals surface area contributed by atoms with Gasteiger partial charge in [0.05, 0.1) is 0 Å². The smallest absolute Gasteiger partial charge is 0.323 e. The maximum atomic E-state index is 11.7. The summed E-state index contributed by atoms with van der Waals surface area (Å²) in [7, 11) is 0. The van der Waals surface area contributed by atoms with E-state index in [1.807, 2.05) is 0 Å². The van der Waals surface area contributed by atoms with E-state index in [2.05, 4.69) is 12.2 Å². The summed E-state index contributed by atoms with van der Waals surface area (Å²) in [5, 5.41) is 3.23. The lowest BCUT2D eigenvalue weighted by Gasteiger charge is -2.31. The van der Waals surface area contributed by atoms with Gasteiger partial charge in [-0.05, 0) is 44.6 Å². The average molecular weight is 197 g/mol. The van der Waals surface area contributed by atoms with E-state index in [-0.39, 0.29) is 18.1 Å². The van der Waals surface area contributed by atoms with Crippen molar-refractivity contribution in [3.8, 4) is 0 Å². The average Bonchev–Trinajstić information content (AvgIpc) is 2.11. The third-order valence-electron chi connectivity index (χ3n) is 3.29. The van der Waals surface area contributed by atoms with Crippen LogP contribution in [0.1, 0.15) is 39.0 Å². The molecule has 3 nitrogen and oxygen atoms in total. The Morgan fingerprint density at radius 1 is 1.36 bits per heavy atom. The standard InChI is InChI=1S/C11H19NO2/c1-8-5-6-12-10(7-8)11(13)14-9-3-2-4-9/h8-10,12H,2-7H2,1H3. The lowest BCUT2D eigenvalue weighted by molar-refractivity contribution is -0.156. The van der Waals surface area contributed by atoms with Gasteiger partial charge in [0.1, 0.15) is 12.1 Å². The summed E-state index contributed by atoms with van der Waals surface area (Å²) in [6, 6.07) is -0.0423. The number of ether oxygens (including phenoxy) is 1. The molecule has 1 saturated heterocycles. The molecule has 0 aromatic carbocycles. The fourth-order valence-electron chi connectivity index (χ4n) is 2.02. The molecule has 1 N–H and O–H groups in total. The third-order valence-corrected chi connectivity index (χ3v) is 3.29. The Kier molecular flexibility index (Phi) is 3.06. The van der Waals surface area contributed by atoms with Crippen molar-refractivity contribution in [1.29, 1.82) is 0 Å². The lowest BCUT2D eigenvalue weighted by Crippen LogP contribution is -2.45. The molecule has 3 heteroatoms. The number of piperidine rings is 1. The molecule has 1 aliphatic carbocycles. The summed E-state index contributed by atoms with van der Waals surface area (Å²) in [6.07, 6.45) is 5.68. The van der Waals surface area contributed by atoms with Crippen molar-refractivity contribution in [3.63, 3.8) is 0 Å². The van der Waals surface area contributed by atoms with Crippen molar-refractivity contribution in [2.45, 2.75) is 51.2 Å². The molecule has 0 amide bonds. The molecule has 0 spiro atoms. The van der Waals surface area contributed by atoms with Gasteiger partial charge in [0.15, 0.2) is 0 Å². The maximum absolute atomic E-state index is 11.7. The maximum Gasteiger partial charge on any atom is 0.323 e. The Hall–Kier alpha value is -0.570. The van der Waals surface area contributed by atoms with Crippen LogP contribution in [0.15, 0.2) is 0 Å². The number of esters is 1. The Morgan fingerprint density at radius 2 is 2.14 bits per heavy atom. The van der Waals surface area contributed by atoms with Crippen LogP contribution >= 0.6 is 0 Å². The van der Waals surface area contributed by atoms with Gasteiger partial charge in [-0.25, -0.2) is 0 Å². The van der Waals surface area contributed by atoms with Gasteiger partial charge in [0, 0.05) is 0 Å². The Balaban J connectivity index is 1.77. The molecule has 0 aromatic rings. The van der Waals surface area contributed by atoms with Crippen LogP contribution < -0.4 is 5.32 Å². The van der Waals surface area contributed by atoms with Crippen molar-refractivity contribution < 1.29 is 9.53 Å². The fraction of sp³-hybridized carbons (Fsp3) is 0.909. The van der Waals surface area contributed by atoms with Crippen LogP contribution in [-0.2, 0) is 9.53 Å². The molecule has 1 heterocycles. The molecule has 2 atom stereocenters. The van der Waals surface area contributed by atoms with Gasteiger partial charge in [-0.1, -0.05) is 6.92 Å². The molecular formula is C11H19NO2.